The molecule has 3 N–H and O–H groups in total. The van der Waals surface area contributed by atoms with E-state index in [1.807, 2.05) is 0 Å². The van der Waals surface area contributed by atoms with Crippen LogP contribution in [0.2, 0.25) is 0 Å². The number of aliphatic hydroxyl groups excluding tert-OH is 1. The van der Waals surface area contributed by atoms with E-state index in [1.165, 1.54) is 12.1 Å². The van der Waals surface area contributed by atoms with Gasteiger partial charge >= 0.3 is 12.2 Å². The van der Waals surface area contributed by atoms with Crippen molar-refractivity contribution in [2.24, 2.45) is 0 Å². The van der Waals surface area contributed by atoms with E-state index in [1.54, 1.807) is 31.2 Å². The summed E-state index contributed by atoms with van der Waals surface area (Å²) in [4.78, 5) is 11.9. The van der Waals surface area contributed by atoms with E-state index in [9.17, 15) is 23.1 Å². The largest absolute Gasteiger partial charge is 0.416 e. The van der Waals surface area contributed by atoms with Gasteiger partial charge in [0.1, 0.15) is 0 Å². The topological polar surface area (TPSA) is 61.4 Å². The zero-order valence-electron chi connectivity index (χ0n) is 12.2. The molecule has 2 aromatic rings. The maximum Gasteiger partial charge on any atom is 0.416 e. The molecule has 0 saturated carbocycles. The maximum atomic E-state index is 12.6. The predicted molar refractivity (Wildman–Crippen MR) is 81.2 cm³/mol. The average Bonchev–Trinajstić information content (AvgIpc) is 2.46. The molecule has 0 aliphatic heterocycles. The molecule has 7 heteroatoms. The van der Waals surface area contributed by atoms with Crippen LogP contribution in [0.25, 0.3) is 0 Å². The van der Waals surface area contributed by atoms with Gasteiger partial charge in [-0.1, -0.05) is 18.2 Å². The molecule has 2 rings (SSSR count). The Morgan fingerprint density at radius 3 is 2.17 bits per heavy atom. The zero-order valence-corrected chi connectivity index (χ0v) is 12.2. The first-order valence-electron chi connectivity index (χ1n) is 6.79. The Labute approximate surface area is 131 Å². The standard InChI is InChI=1S/C16H15F3N2O2/c1-10(22)11-4-2-6-13(8-11)20-15(23)21-14-7-3-5-12(9-14)16(17,18)19/h2-10,22H,1H3,(H2,20,21,23)/t10-/m0/s1. The third-order valence-electron chi connectivity index (χ3n) is 3.07. The molecule has 0 aromatic heterocycles. The van der Waals surface area contributed by atoms with Crippen LogP contribution in [0.3, 0.4) is 0 Å². The molecule has 23 heavy (non-hydrogen) atoms. The van der Waals surface area contributed by atoms with Crippen LogP contribution in [0.15, 0.2) is 48.5 Å². The number of nitrogens with one attached hydrogen (secondary N) is 2. The fourth-order valence-corrected chi connectivity index (χ4v) is 1.94. The second-order valence-corrected chi connectivity index (χ2v) is 4.96. The number of amides is 2. The summed E-state index contributed by atoms with van der Waals surface area (Å²) in [6.07, 6.45) is -5.16. The van der Waals surface area contributed by atoms with Crippen molar-refractivity contribution in [3.8, 4) is 0 Å². The molecule has 0 unspecified atom stereocenters. The predicted octanol–water partition coefficient (Wildman–Crippen LogP) is 4.40. The fourth-order valence-electron chi connectivity index (χ4n) is 1.94. The lowest BCUT2D eigenvalue weighted by Crippen LogP contribution is -2.20. The maximum absolute atomic E-state index is 12.6. The van der Waals surface area contributed by atoms with Gasteiger partial charge in [-0.15, -0.1) is 0 Å². The lowest BCUT2D eigenvalue weighted by atomic mass is 10.1. The van der Waals surface area contributed by atoms with E-state index in [4.69, 9.17) is 0 Å². The second-order valence-electron chi connectivity index (χ2n) is 4.96. The molecule has 2 amide bonds. The fraction of sp³-hybridized carbons (Fsp3) is 0.188. The number of alkyl halides is 3. The summed E-state index contributed by atoms with van der Waals surface area (Å²) in [5.41, 5.74) is 0.227. The number of halogens is 3. The molecule has 0 saturated heterocycles. The van der Waals surface area contributed by atoms with Gasteiger partial charge in [-0.3, -0.25) is 0 Å². The van der Waals surface area contributed by atoms with E-state index in [0.717, 1.165) is 12.1 Å². The minimum Gasteiger partial charge on any atom is -0.389 e. The second kappa shape index (κ2) is 6.70. The summed E-state index contributed by atoms with van der Waals surface area (Å²) in [5, 5.41) is 14.3. The summed E-state index contributed by atoms with van der Waals surface area (Å²) in [6, 6.07) is 10.2. The monoisotopic (exact) mass is 324 g/mol. The van der Waals surface area contributed by atoms with Crippen LogP contribution < -0.4 is 10.6 Å². The highest BCUT2D eigenvalue weighted by Gasteiger charge is 2.30. The average molecular weight is 324 g/mol. The molecule has 0 heterocycles. The summed E-state index contributed by atoms with van der Waals surface area (Å²) in [5.74, 6) is 0. The number of carbonyl (C=O) groups excluding carboxylic acids is 1. The first kappa shape index (κ1) is 16.8. The molecule has 0 aliphatic rings. The number of anilines is 2. The van der Waals surface area contributed by atoms with Gasteiger partial charge in [0.2, 0.25) is 0 Å². The van der Waals surface area contributed by atoms with E-state index in [0.29, 0.717) is 11.3 Å². The Hall–Kier alpha value is -2.54. The van der Waals surface area contributed by atoms with Crippen molar-refractivity contribution >= 4 is 17.4 Å². The minimum atomic E-state index is -4.47. The third kappa shape index (κ3) is 4.72. The van der Waals surface area contributed by atoms with Gasteiger partial charge in [-0.25, -0.2) is 4.79 Å². The van der Waals surface area contributed by atoms with Crippen molar-refractivity contribution in [1.82, 2.24) is 0 Å². The summed E-state index contributed by atoms with van der Waals surface area (Å²) >= 11 is 0. The van der Waals surface area contributed by atoms with Crippen molar-refractivity contribution in [1.29, 1.82) is 0 Å². The Bertz CT molecular complexity index is 700. The van der Waals surface area contributed by atoms with Gasteiger partial charge in [0.05, 0.1) is 11.7 Å². The molecule has 1 atom stereocenters. The van der Waals surface area contributed by atoms with Gasteiger partial charge in [0.15, 0.2) is 0 Å². The van der Waals surface area contributed by atoms with E-state index < -0.39 is 23.9 Å². The number of benzene rings is 2. The van der Waals surface area contributed by atoms with E-state index >= 15 is 0 Å². The number of rotatable bonds is 3. The van der Waals surface area contributed by atoms with Gasteiger partial charge in [0.25, 0.3) is 0 Å². The molecule has 0 aliphatic carbocycles. The van der Waals surface area contributed by atoms with Crippen molar-refractivity contribution in [3.63, 3.8) is 0 Å². The molecular weight excluding hydrogens is 309 g/mol. The summed E-state index contributed by atoms with van der Waals surface area (Å²) < 4.78 is 37.9. The molecule has 0 spiro atoms. The van der Waals surface area contributed by atoms with Crippen LogP contribution in [0, 0.1) is 0 Å². The van der Waals surface area contributed by atoms with Gasteiger partial charge in [0, 0.05) is 11.4 Å². The smallest absolute Gasteiger partial charge is 0.389 e. The highest BCUT2D eigenvalue weighted by atomic mass is 19.4. The van der Waals surface area contributed by atoms with Gasteiger partial charge in [-0.05, 0) is 42.8 Å². The van der Waals surface area contributed by atoms with Crippen molar-refractivity contribution < 1.29 is 23.1 Å². The molecule has 0 bridgehead atoms. The van der Waals surface area contributed by atoms with E-state index in [-0.39, 0.29) is 5.69 Å². The van der Waals surface area contributed by atoms with Crippen molar-refractivity contribution in [2.45, 2.75) is 19.2 Å². The van der Waals surface area contributed by atoms with Crippen LogP contribution in [-0.2, 0) is 6.18 Å². The Morgan fingerprint density at radius 2 is 1.61 bits per heavy atom. The number of urea groups is 1. The molecule has 0 radical (unpaired) electrons. The first-order chi connectivity index (χ1) is 10.8. The van der Waals surface area contributed by atoms with Crippen LogP contribution in [-0.4, -0.2) is 11.1 Å². The summed E-state index contributed by atoms with van der Waals surface area (Å²) in [7, 11) is 0. The molecule has 122 valence electrons. The lowest BCUT2D eigenvalue weighted by Gasteiger charge is -2.12. The molecule has 0 fully saturated rings. The number of carbonyl (C=O) groups is 1. The number of hydrogen-bond donors (Lipinski definition) is 3. The third-order valence-corrected chi connectivity index (χ3v) is 3.07. The molecule has 4 nitrogen and oxygen atoms in total. The van der Waals surface area contributed by atoms with Gasteiger partial charge < -0.3 is 15.7 Å². The molecule has 2 aromatic carbocycles. The zero-order chi connectivity index (χ0) is 17.0. The Morgan fingerprint density at radius 1 is 1.04 bits per heavy atom. The highest BCUT2D eigenvalue weighted by Crippen LogP contribution is 2.30. The number of hydrogen-bond acceptors (Lipinski definition) is 2. The van der Waals surface area contributed by atoms with Crippen LogP contribution in [0.1, 0.15) is 24.2 Å². The number of aliphatic hydroxyl groups is 1. The Kier molecular flexibility index (Phi) is 4.90. The van der Waals surface area contributed by atoms with Crippen molar-refractivity contribution in [3.05, 3.63) is 59.7 Å². The van der Waals surface area contributed by atoms with Crippen LogP contribution >= 0.6 is 0 Å². The SMILES string of the molecule is C[C@H](O)c1cccc(NC(=O)Nc2cccc(C(F)(F)F)c2)c1. The van der Waals surface area contributed by atoms with Crippen LogP contribution in [0.5, 0.6) is 0 Å². The van der Waals surface area contributed by atoms with Crippen molar-refractivity contribution in [2.75, 3.05) is 10.6 Å². The quantitative estimate of drug-likeness (QED) is 0.783. The normalized spacial score (nSPS) is 12.6. The van der Waals surface area contributed by atoms with Gasteiger partial charge in [-0.2, -0.15) is 13.2 Å². The van der Waals surface area contributed by atoms with Crippen LogP contribution in [0.4, 0.5) is 29.3 Å². The minimum absolute atomic E-state index is 0.0315. The highest BCUT2D eigenvalue weighted by molar-refractivity contribution is 5.99. The van der Waals surface area contributed by atoms with E-state index in [2.05, 4.69) is 10.6 Å². The lowest BCUT2D eigenvalue weighted by molar-refractivity contribution is -0.137. The Balaban J connectivity index is 2.07. The molecular formula is C16H15F3N2O2. The first-order valence-corrected chi connectivity index (χ1v) is 6.79. The summed E-state index contributed by atoms with van der Waals surface area (Å²) in [6.45, 7) is 1.59.